The van der Waals surface area contributed by atoms with Crippen molar-refractivity contribution >= 4 is 5.78 Å². The minimum absolute atomic E-state index is 0.123. The zero-order valence-corrected chi connectivity index (χ0v) is 23.4. The molecule has 0 unspecified atom stereocenters. The van der Waals surface area contributed by atoms with E-state index >= 15 is 0 Å². The monoisotopic (exact) mass is 504 g/mol. The summed E-state index contributed by atoms with van der Waals surface area (Å²) in [5.74, 6) is -0.796. The molecule has 4 aliphatic carbocycles. The molecule has 6 nitrogen and oxygen atoms in total. The van der Waals surface area contributed by atoms with Crippen molar-refractivity contribution in [2.75, 3.05) is 0 Å². The molecule has 36 heavy (non-hydrogen) atoms. The second kappa shape index (κ2) is 8.22. The molecule has 6 heteroatoms. The molecule has 0 radical (unpaired) electrons. The molecule has 3 saturated carbocycles. The second-order valence-corrected chi connectivity index (χ2v) is 14.6. The average Bonchev–Trinajstić information content (AvgIpc) is 2.96. The molecule has 0 aromatic rings. The summed E-state index contributed by atoms with van der Waals surface area (Å²) in [6.07, 6.45) is 5.97. The molecule has 4 rings (SSSR count). The van der Waals surface area contributed by atoms with Gasteiger partial charge in [0.25, 0.3) is 0 Å². The molecule has 0 amide bonds. The molecule has 0 spiro atoms. The summed E-state index contributed by atoms with van der Waals surface area (Å²) in [5, 5.41) is 54.7. The Morgan fingerprint density at radius 2 is 1.58 bits per heavy atom. The third-order valence-electron chi connectivity index (χ3n) is 11.6. The van der Waals surface area contributed by atoms with Crippen LogP contribution in [0.4, 0.5) is 0 Å². The fourth-order valence-electron chi connectivity index (χ4n) is 9.39. The number of rotatable bonds is 4. The van der Waals surface area contributed by atoms with Gasteiger partial charge in [-0.2, -0.15) is 0 Å². The maximum atomic E-state index is 13.2. The Labute approximate surface area is 216 Å². The molecule has 3 fully saturated rings. The Kier molecular flexibility index (Phi) is 6.39. The number of carbonyl (C=O) groups excluding carboxylic acids is 1. The van der Waals surface area contributed by atoms with Crippen LogP contribution in [0.5, 0.6) is 0 Å². The van der Waals surface area contributed by atoms with Gasteiger partial charge in [0.1, 0.15) is 5.60 Å². The molecule has 0 aromatic carbocycles. The molecular formula is C30H48O6. The van der Waals surface area contributed by atoms with Gasteiger partial charge in [-0.05, 0) is 87.0 Å². The van der Waals surface area contributed by atoms with Crippen molar-refractivity contribution in [2.45, 2.75) is 117 Å². The van der Waals surface area contributed by atoms with Crippen LogP contribution in [0.2, 0.25) is 0 Å². The topological polar surface area (TPSA) is 118 Å². The van der Waals surface area contributed by atoms with E-state index in [1.54, 1.807) is 13.8 Å². The van der Waals surface area contributed by atoms with Crippen molar-refractivity contribution in [2.24, 2.45) is 39.4 Å². The summed E-state index contributed by atoms with van der Waals surface area (Å²) < 4.78 is 0. The maximum absolute atomic E-state index is 13.2. The van der Waals surface area contributed by atoms with E-state index in [-0.39, 0.29) is 22.7 Å². The van der Waals surface area contributed by atoms with Gasteiger partial charge in [-0.25, -0.2) is 0 Å². The quantitative estimate of drug-likeness (QED) is 0.295. The van der Waals surface area contributed by atoms with Crippen LogP contribution in [0.3, 0.4) is 0 Å². The number of aliphatic hydroxyl groups is 5. The number of ketones is 1. The van der Waals surface area contributed by atoms with E-state index < -0.39 is 52.0 Å². The van der Waals surface area contributed by atoms with E-state index in [9.17, 15) is 30.3 Å². The van der Waals surface area contributed by atoms with E-state index in [4.69, 9.17) is 0 Å². The van der Waals surface area contributed by atoms with Crippen LogP contribution >= 0.6 is 0 Å². The molecule has 0 bridgehead atoms. The fraction of sp³-hybridized carbons (Fsp3) is 0.833. The summed E-state index contributed by atoms with van der Waals surface area (Å²) in [6.45, 7) is 15.4. The lowest BCUT2D eigenvalue weighted by molar-refractivity contribution is -0.180. The smallest absolute Gasteiger partial charge is 0.187 e. The lowest BCUT2D eigenvalue weighted by Crippen LogP contribution is -2.62. The van der Waals surface area contributed by atoms with E-state index in [1.165, 1.54) is 24.6 Å². The van der Waals surface area contributed by atoms with Crippen molar-refractivity contribution in [1.82, 2.24) is 0 Å². The van der Waals surface area contributed by atoms with Crippen LogP contribution < -0.4 is 0 Å². The molecular weight excluding hydrogens is 456 g/mol. The minimum atomic E-state index is -1.77. The number of allylic oxidation sites excluding steroid dienone is 1. The summed E-state index contributed by atoms with van der Waals surface area (Å²) in [6, 6.07) is 0. The predicted octanol–water partition coefficient (Wildman–Crippen LogP) is 3.54. The van der Waals surface area contributed by atoms with Gasteiger partial charge in [-0.15, -0.1) is 0 Å². The van der Waals surface area contributed by atoms with Crippen molar-refractivity contribution in [3.63, 3.8) is 0 Å². The first-order valence-electron chi connectivity index (χ1n) is 13.7. The van der Waals surface area contributed by atoms with Gasteiger partial charge in [-0.1, -0.05) is 52.3 Å². The van der Waals surface area contributed by atoms with E-state index in [1.807, 2.05) is 13.8 Å². The van der Waals surface area contributed by atoms with Gasteiger partial charge < -0.3 is 25.5 Å². The molecule has 0 heterocycles. The molecule has 0 aliphatic heterocycles. The zero-order chi connectivity index (χ0) is 27.3. The lowest BCUT2D eigenvalue weighted by Gasteiger charge is -2.66. The average molecular weight is 505 g/mol. The van der Waals surface area contributed by atoms with E-state index in [2.05, 4.69) is 26.8 Å². The van der Waals surface area contributed by atoms with Gasteiger partial charge in [-0.3, -0.25) is 4.79 Å². The molecule has 204 valence electrons. The first-order valence-corrected chi connectivity index (χ1v) is 13.7. The number of carbonyl (C=O) groups is 1. The molecule has 4 aliphatic rings. The van der Waals surface area contributed by atoms with E-state index in [0.717, 1.165) is 19.3 Å². The van der Waals surface area contributed by atoms with Crippen LogP contribution in [0, 0.1) is 39.4 Å². The van der Waals surface area contributed by atoms with Crippen molar-refractivity contribution < 1.29 is 30.3 Å². The fourth-order valence-corrected chi connectivity index (χ4v) is 9.39. The highest BCUT2D eigenvalue weighted by atomic mass is 16.3. The zero-order valence-electron chi connectivity index (χ0n) is 23.4. The first kappa shape index (κ1) is 28.0. The molecule has 0 saturated heterocycles. The van der Waals surface area contributed by atoms with Gasteiger partial charge in [0.05, 0.1) is 23.9 Å². The van der Waals surface area contributed by atoms with Crippen molar-refractivity contribution in [3.05, 3.63) is 23.8 Å². The minimum Gasteiger partial charge on any atom is -0.393 e. The van der Waals surface area contributed by atoms with Crippen LogP contribution in [0.1, 0.15) is 87.5 Å². The predicted molar refractivity (Wildman–Crippen MR) is 139 cm³/mol. The molecule has 10 atom stereocenters. The van der Waals surface area contributed by atoms with Crippen LogP contribution in [-0.4, -0.2) is 60.8 Å². The highest BCUT2D eigenvalue weighted by Crippen LogP contribution is 2.75. The summed E-state index contributed by atoms with van der Waals surface area (Å²) >= 11 is 0. The molecule has 5 N–H and O–H groups in total. The van der Waals surface area contributed by atoms with Crippen LogP contribution in [0.25, 0.3) is 0 Å². The Bertz CT molecular complexity index is 972. The van der Waals surface area contributed by atoms with Gasteiger partial charge >= 0.3 is 0 Å². The van der Waals surface area contributed by atoms with Gasteiger partial charge in [0, 0.05) is 11.3 Å². The first-order chi connectivity index (χ1) is 16.2. The Morgan fingerprint density at radius 3 is 2.17 bits per heavy atom. The standard InChI is InChI=1S/C30H48O6/c1-25(2,35)12-11-22(33)30(8,36)23-20(32)16-29(7)21-10-9-17-18(15-19(31)24(34)26(17,3)4)27(21,5)13-14-28(23,29)6/h9,11-12,18-21,23-24,31-32,34-36H,10,13-16H2,1-8H3/b12-11+/t18-,19+,20-,21-,23+,24+,27+,28-,29+,30-/m1/s1. The Morgan fingerprint density at radius 1 is 0.972 bits per heavy atom. The lowest BCUT2D eigenvalue weighted by atomic mass is 9.38. The third-order valence-corrected chi connectivity index (χ3v) is 11.6. The van der Waals surface area contributed by atoms with Crippen molar-refractivity contribution in [1.29, 1.82) is 0 Å². The summed E-state index contributed by atoms with van der Waals surface area (Å²) in [4.78, 5) is 13.2. The second-order valence-electron chi connectivity index (χ2n) is 14.6. The number of aliphatic hydroxyl groups excluding tert-OH is 3. The molecule has 0 aromatic heterocycles. The Balaban J connectivity index is 1.74. The van der Waals surface area contributed by atoms with Crippen LogP contribution in [-0.2, 0) is 4.79 Å². The number of fused-ring (bicyclic) bond motifs is 5. The maximum Gasteiger partial charge on any atom is 0.187 e. The van der Waals surface area contributed by atoms with Gasteiger partial charge in [0.15, 0.2) is 5.78 Å². The number of hydrogen-bond donors (Lipinski definition) is 5. The van der Waals surface area contributed by atoms with E-state index in [0.29, 0.717) is 12.8 Å². The normalized spacial score (nSPS) is 48.0. The van der Waals surface area contributed by atoms with Crippen LogP contribution in [0.15, 0.2) is 23.8 Å². The summed E-state index contributed by atoms with van der Waals surface area (Å²) in [5.41, 5.74) is -3.15. The Hall–Kier alpha value is -1.05. The number of hydrogen-bond acceptors (Lipinski definition) is 6. The summed E-state index contributed by atoms with van der Waals surface area (Å²) in [7, 11) is 0. The third kappa shape index (κ3) is 3.73. The highest BCUT2D eigenvalue weighted by molar-refractivity contribution is 5.97. The SMILES string of the molecule is CC(C)(O)/C=C/C(=O)[C@@](C)(O)[C@H]1[C@H](O)C[C@@]2(C)[C@@H]3CC=C4[C@@H](C[C@H](O)[C@H](O)C4(C)C)[C@]3(C)CC[C@]12C. The van der Waals surface area contributed by atoms with Gasteiger partial charge in [0.2, 0.25) is 0 Å². The van der Waals surface area contributed by atoms with Crippen molar-refractivity contribution in [3.8, 4) is 0 Å². The highest BCUT2D eigenvalue weighted by Gasteiger charge is 2.72. The largest absolute Gasteiger partial charge is 0.393 e.